The van der Waals surface area contributed by atoms with Crippen molar-refractivity contribution in [2.24, 2.45) is 0 Å². The zero-order chi connectivity index (χ0) is 17.7. The number of anilines is 2. The maximum absolute atomic E-state index is 6.44. The molecule has 3 aromatic heterocycles. The van der Waals surface area contributed by atoms with E-state index in [0.717, 1.165) is 41.3 Å². The van der Waals surface area contributed by atoms with E-state index in [1.54, 1.807) is 0 Å². The molecule has 3 aromatic rings. The van der Waals surface area contributed by atoms with Crippen LogP contribution in [0.15, 0.2) is 24.7 Å². The lowest BCUT2D eigenvalue weighted by Crippen LogP contribution is -2.11. The van der Waals surface area contributed by atoms with Gasteiger partial charge < -0.3 is 5.32 Å². The molecule has 6 nitrogen and oxygen atoms in total. The summed E-state index contributed by atoms with van der Waals surface area (Å²) in [5.41, 5.74) is 4.20. The Balaban J connectivity index is 1.46. The SMILES string of the molecule is Cc1cc(Nc2ncc(C3CC3)c(-c3cnn(CC4(Cl)CC4)c3)n2)sn1. The fourth-order valence-corrected chi connectivity index (χ4v) is 3.94. The molecule has 5 rings (SSSR count). The van der Waals surface area contributed by atoms with Crippen molar-refractivity contribution in [3.05, 3.63) is 35.9 Å². The monoisotopic (exact) mass is 386 g/mol. The Kier molecular flexibility index (Phi) is 3.76. The van der Waals surface area contributed by atoms with Crippen molar-refractivity contribution in [2.45, 2.75) is 49.9 Å². The van der Waals surface area contributed by atoms with Gasteiger partial charge in [0.05, 0.1) is 29.0 Å². The van der Waals surface area contributed by atoms with E-state index >= 15 is 0 Å². The molecule has 0 aromatic carbocycles. The van der Waals surface area contributed by atoms with Gasteiger partial charge in [-0.15, -0.1) is 11.6 Å². The second-order valence-electron chi connectivity index (χ2n) is 7.31. The van der Waals surface area contributed by atoms with E-state index in [1.165, 1.54) is 29.9 Å². The number of aromatic nitrogens is 5. The minimum Gasteiger partial charge on any atom is -0.314 e. The maximum atomic E-state index is 6.44. The van der Waals surface area contributed by atoms with Crippen LogP contribution < -0.4 is 5.32 Å². The Morgan fingerprint density at radius 1 is 1.35 bits per heavy atom. The van der Waals surface area contributed by atoms with Gasteiger partial charge in [-0.1, -0.05) is 0 Å². The third kappa shape index (κ3) is 3.33. The molecule has 0 unspecified atom stereocenters. The van der Waals surface area contributed by atoms with Crippen LogP contribution in [0.25, 0.3) is 11.3 Å². The predicted molar refractivity (Wildman–Crippen MR) is 103 cm³/mol. The molecule has 0 aliphatic heterocycles. The predicted octanol–water partition coefficient (Wildman–Crippen LogP) is 4.50. The van der Waals surface area contributed by atoms with Crippen LogP contribution in [0.4, 0.5) is 10.9 Å². The molecular weight excluding hydrogens is 368 g/mol. The first-order chi connectivity index (χ1) is 12.6. The van der Waals surface area contributed by atoms with E-state index in [1.807, 2.05) is 30.1 Å². The number of rotatable bonds is 6. The van der Waals surface area contributed by atoms with Gasteiger partial charge in [0.15, 0.2) is 0 Å². The van der Waals surface area contributed by atoms with Gasteiger partial charge in [0.1, 0.15) is 5.00 Å². The van der Waals surface area contributed by atoms with Crippen LogP contribution in [0.3, 0.4) is 0 Å². The summed E-state index contributed by atoms with van der Waals surface area (Å²) < 4.78 is 6.23. The summed E-state index contributed by atoms with van der Waals surface area (Å²) in [5, 5.41) is 8.71. The number of nitrogens with one attached hydrogen (secondary N) is 1. The minimum atomic E-state index is -0.0922. The number of nitrogens with zero attached hydrogens (tertiary/aromatic N) is 5. The van der Waals surface area contributed by atoms with Crippen LogP contribution in [0.2, 0.25) is 0 Å². The summed E-state index contributed by atoms with van der Waals surface area (Å²) >= 11 is 7.86. The Bertz CT molecular complexity index is 956. The van der Waals surface area contributed by atoms with E-state index in [2.05, 4.69) is 26.0 Å². The van der Waals surface area contributed by atoms with E-state index in [9.17, 15) is 0 Å². The standard InChI is InChI=1S/C18H19ClN6S/c1-11-6-15(26-24-11)22-17-20-8-14(12-2-3-12)16(23-17)13-7-21-25(9-13)10-18(19)4-5-18/h6-9,12H,2-5,10H2,1H3,(H,20,22,23). The maximum Gasteiger partial charge on any atom is 0.228 e. The number of alkyl halides is 1. The molecule has 0 saturated heterocycles. The molecule has 1 N–H and O–H groups in total. The van der Waals surface area contributed by atoms with Crippen molar-refractivity contribution >= 4 is 34.1 Å². The van der Waals surface area contributed by atoms with Crippen LogP contribution in [0.1, 0.15) is 42.9 Å². The Hall–Kier alpha value is -1.99. The molecular formula is C18H19ClN6S. The first-order valence-corrected chi connectivity index (χ1v) is 10.0. The third-order valence-electron chi connectivity index (χ3n) is 4.84. The van der Waals surface area contributed by atoms with E-state index in [0.29, 0.717) is 11.9 Å². The molecule has 2 aliphatic carbocycles. The number of aryl methyl sites for hydroxylation is 1. The highest BCUT2D eigenvalue weighted by atomic mass is 35.5. The summed E-state index contributed by atoms with van der Waals surface area (Å²) in [6.07, 6.45) is 10.4. The van der Waals surface area contributed by atoms with Crippen LogP contribution in [0.5, 0.6) is 0 Å². The molecule has 0 amide bonds. The largest absolute Gasteiger partial charge is 0.314 e. The van der Waals surface area contributed by atoms with Crippen molar-refractivity contribution in [2.75, 3.05) is 5.32 Å². The smallest absolute Gasteiger partial charge is 0.228 e. The molecule has 3 heterocycles. The summed E-state index contributed by atoms with van der Waals surface area (Å²) in [4.78, 5) is 9.23. The third-order valence-corrected chi connectivity index (χ3v) is 6.14. The van der Waals surface area contributed by atoms with Crippen LogP contribution >= 0.6 is 23.1 Å². The van der Waals surface area contributed by atoms with Gasteiger partial charge in [0.2, 0.25) is 5.95 Å². The fourth-order valence-electron chi connectivity index (χ4n) is 3.06. The molecule has 134 valence electrons. The van der Waals surface area contributed by atoms with E-state index < -0.39 is 0 Å². The lowest BCUT2D eigenvalue weighted by molar-refractivity contribution is 0.583. The Morgan fingerprint density at radius 3 is 2.88 bits per heavy atom. The Morgan fingerprint density at radius 2 is 2.19 bits per heavy atom. The second kappa shape index (κ2) is 6.03. The molecule has 0 radical (unpaired) electrons. The van der Waals surface area contributed by atoms with Crippen LogP contribution in [0, 0.1) is 6.92 Å². The van der Waals surface area contributed by atoms with E-state index in [4.69, 9.17) is 16.6 Å². The average molecular weight is 387 g/mol. The number of halogens is 1. The topological polar surface area (TPSA) is 68.5 Å². The molecule has 2 aliphatic rings. The van der Waals surface area contributed by atoms with Gasteiger partial charge >= 0.3 is 0 Å². The first kappa shape index (κ1) is 16.2. The van der Waals surface area contributed by atoms with Crippen molar-refractivity contribution in [3.63, 3.8) is 0 Å². The highest BCUT2D eigenvalue weighted by Crippen LogP contribution is 2.45. The summed E-state index contributed by atoms with van der Waals surface area (Å²) in [5.74, 6) is 1.16. The molecule has 2 fully saturated rings. The zero-order valence-electron chi connectivity index (χ0n) is 14.4. The normalized spacial score (nSPS) is 18.1. The highest BCUT2D eigenvalue weighted by molar-refractivity contribution is 7.10. The molecule has 0 spiro atoms. The van der Waals surface area contributed by atoms with Gasteiger partial charge in [-0.3, -0.25) is 4.68 Å². The number of hydrogen-bond acceptors (Lipinski definition) is 6. The molecule has 8 heteroatoms. The number of hydrogen-bond donors (Lipinski definition) is 1. The van der Waals surface area contributed by atoms with Gasteiger partial charge in [-0.25, -0.2) is 9.97 Å². The van der Waals surface area contributed by atoms with Gasteiger partial charge in [0, 0.05) is 23.5 Å². The van der Waals surface area contributed by atoms with Gasteiger partial charge in [-0.05, 0) is 56.1 Å². The lowest BCUT2D eigenvalue weighted by Gasteiger charge is -2.09. The zero-order valence-corrected chi connectivity index (χ0v) is 16.0. The molecule has 26 heavy (non-hydrogen) atoms. The average Bonchev–Trinajstić information content (AvgIpc) is 3.50. The first-order valence-electron chi connectivity index (χ1n) is 8.87. The van der Waals surface area contributed by atoms with Gasteiger partial charge in [0.25, 0.3) is 0 Å². The lowest BCUT2D eigenvalue weighted by atomic mass is 10.1. The summed E-state index contributed by atoms with van der Waals surface area (Å²) in [6, 6.07) is 2.00. The van der Waals surface area contributed by atoms with Crippen LogP contribution in [-0.4, -0.2) is 29.0 Å². The summed E-state index contributed by atoms with van der Waals surface area (Å²) in [6.45, 7) is 2.73. The summed E-state index contributed by atoms with van der Waals surface area (Å²) in [7, 11) is 0. The van der Waals surface area contributed by atoms with Crippen molar-refractivity contribution in [1.29, 1.82) is 0 Å². The van der Waals surface area contributed by atoms with E-state index in [-0.39, 0.29) is 4.87 Å². The fraction of sp³-hybridized carbons (Fsp3) is 0.444. The highest BCUT2D eigenvalue weighted by Gasteiger charge is 2.41. The second-order valence-corrected chi connectivity index (χ2v) is 8.91. The van der Waals surface area contributed by atoms with Crippen LogP contribution in [-0.2, 0) is 6.54 Å². The van der Waals surface area contributed by atoms with Crippen molar-refractivity contribution in [3.8, 4) is 11.3 Å². The quantitative estimate of drug-likeness (QED) is 0.632. The molecule has 0 bridgehead atoms. The molecule has 2 saturated carbocycles. The Labute approximate surface area is 160 Å². The molecule has 0 atom stereocenters. The minimum absolute atomic E-state index is 0.0922. The van der Waals surface area contributed by atoms with Crippen molar-refractivity contribution < 1.29 is 0 Å². The van der Waals surface area contributed by atoms with Gasteiger partial charge in [-0.2, -0.15) is 9.47 Å². The van der Waals surface area contributed by atoms with Crippen molar-refractivity contribution in [1.82, 2.24) is 24.1 Å².